The van der Waals surface area contributed by atoms with Crippen molar-refractivity contribution in [3.63, 3.8) is 0 Å². The van der Waals surface area contributed by atoms with Gasteiger partial charge in [0.15, 0.2) is 0 Å². The van der Waals surface area contributed by atoms with E-state index in [2.05, 4.69) is 0 Å². The Balaban J connectivity index is 2.44. The van der Waals surface area contributed by atoms with Gasteiger partial charge in [-0.3, -0.25) is 0 Å². The minimum atomic E-state index is -1.17. The molecule has 0 fully saturated rings. The summed E-state index contributed by atoms with van der Waals surface area (Å²) >= 11 is 0. The van der Waals surface area contributed by atoms with Crippen LogP contribution in [0.5, 0.6) is 0 Å². The van der Waals surface area contributed by atoms with Crippen LogP contribution >= 0.6 is 0 Å². The van der Waals surface area contributed by atoms with Gasteiger partial charge in [0.25, 0.3) is 0 Å². The van der Waals surface area contributed by atoms with Crippen LogP contribution in [0.1, 0.15) is 12.5 Å². The second-order valence-corrected chi connectivity index (χ2v) is 3.22. The van der Waals surface area contributed by atoms with Gasteiger partial charge in [-0.1, -0.05) is 30.3 Å². The van der Waals surface area contributed by atoms with E-state index < -0.39 is 12.4 Å². The highest BCUT2D eigenvalue weighted by Crippen LogP contribution is 2.08. The summed E-state index contributed by atoms with van der Waals surface area (Å²) in [4.78, 5) is 0. The van der Waals surface area contributed by atoms with Gasteiger partial charge in [-0.2, -0.15) is 0 Å². The van der Waals surface area contributed by atoms with Gasteiger partial charge in [-0.25, -0.2) is 4.39 Å². The summed E-state index contributed by atoms with van der Waals surface area (Å²) in [7, 11) is 0. The molecular formula is C10H14FNO. The van der Waals surface area contributed by atoms with E-state index in [1.54, 1.807) is 0 Å². The fraction of sp³-hybridized carbons (Fsp3) is 0.400. The third kappa shape index (κ3) is 3.53. The van der Waals surface area contributed by atoms with Crippen LogP contribution in [-0.4, -0.2) is 12.4 Å². The Hall–Kier alpha value is -0.930. The van der Waals surface area contributed by atoms with Crippen LogP contribution in [0.3, 0.4) is 0 Å². The van der Waals surface area contributed by atoms with Crippen LogP contribution in [0, 0.1) is 0 Å². The van der Waals surface area contributed by atoms with E-state index in [4.69, 9.17) is 10.5 Å². The lowest BCUT2D eigenvalue weighted by atomic mass is 10.2. The number of alkyl halides is 1. The van der Waals surface area contributed by atoms with Crippen LogP contribution in [0.15, 0.2) is 30.3 Å². The van der Waals surface area contributed by atoms with Gasteiger partial charge in [0.1, 0.15) is 12.4 Å². The average molecular weight is 183 g/mol. The quantitative estimate of drug-likeness (QED) is 0.723. The highest BCUT2D eigenvalue weighted by atomic mass is 19.1. The molecule has 13 heavy (non-hydrogen) atoms. The van der Waals surface area contributed by atoms with Gasteiger partial charge >= 0.3 is 0 Å². The summed E-state index contributed by atoms with van der Waals surface area (Å²) < 4.78 is 17.4. The molecule has 1 rings (SSSR count). The first kappa shape index (κ1) is 10.2. The number of halogens is 1. The molecule has 0 aromatic heterocycles. The van der Waals surface area contributed by atoms with Crippen LogP contribution in [-0.2, 0) is 11.3 Å². The zero-order valence-corrected chi connectivity index (χ0v) is 7.66. The fourth-order valence-corrected chi connectivity index (χ4v) is 0.861. The molecule has 0 aliphatic carbocycles. The number of hydrogen-bond donors (Lipinski definition) is 1. The lowest BCUT2D eigenvalue weighted by Crippen LogP contribution is -2.41. The smallest absolute Gasteiger partial charge is 0.142 e. The molecule has 0 amide bonds. The minimum absolute atomic E-state index is 0.345. The Labute approximate surface area is 77.5 Å². The van der Waals surface area contributed by atoms with Crippen LogP contribution in [0.25, 0.3) is 0 Å². The third-order valence-electron chi connectivity index (χ3n) is 1.68. The molecule has 1 atom stereocenters. The second-order valence-electron chi connectivity index (χ2n) is 3.22. The van der Waals surface area contributed by atoms with Crippen molar-refractivity contribution in [3.05, 3.63) is 35.9 Å². The Bertz CT molecular complexity index is 248. The van der Waals surface area contributed by atoms with E-state index in [1.165, 1.54) is 6.92 Å². The van der Waals surface area contributed by atoms with E-state index in [-0.39, 0.29) is 0 Å². The van der Waals surface area contributed by atoms with Gasteiger partial charge in [-0.15, -0.1) is 0 Å². The first-order chi connectivity index (χ1) is 6.14. The van der Waals surface area contributed by atoms with Gasteiger partial charge in [0, 0.05) is 0 Å². The van der Waals surface area contributed by atoms with Crippen molar-refractivity contribution in [2.45, 2.75) is 19.3 Å². The summed E-state index contributed by atoms with van der Waals surface area (Å²) in [5, 5.41) is 0. The van der Waals surface area contributed by atoms with E-state index in [9.17, 15) is 4.39 Å². The largest absolute Gasteiger partial charge is 0.354 e. The summed E-state index contributed by atoms with van der Waals surface area (Å²) in [6, 6.07) is 9.55. The molecule has 0 saturated heterocycles. The zero-order valence-electron chi connectivity index (χ0n) is 7.66. The maximum atomic E-state index is 12.2. The van der Waals surface area contributed by atoms with Crippen LogP contribution in [0.4, 0.5) is 4.39 Å². The molecule has 0 spiro atoms. The average Bonchev–Trinajstić information content (AvgIpc) is 2.17. The number of ether oxygens (including phenoxy) is 1. The van der Waals surface area contributed by atoms with Crippen molar-refractivity contribution in [1.82, 2.24) is 0 Å². The van der Waals surface area contributed by atoms with E-state index in [1.807, 2.05) is 30.3 Å². The molecule has 0 saturated carbocycles. The lowest BCUT2D eigenvalue weighted by Gasteiger charge is -2.21. The molecule has 2 N–H and O–H groups in total. The number of nitrogens with two attached hydrogens (primary N) is 1. The topological polar surface area (TPSA) is 35.2 Å². The maximum absolute atomic E-state index is 12.2. The highest BCUT2D eigenvalue weighted by molar-refractivity contribution is 5.13. The molecule has 2 nitrogen and oxygen atoms in total. The number of benzene rings is 1. The Morgan fingerprint density at radius 2 is 2.00 bits per heavy atom. The molecule has 3 heteroatoms. The minimum Gasteiger partial charge on any atom is -0.354 e. The highest BCUT2D eigenvalue weighted by Gasteiger charge is 2.17. The molecule has 72 valence electrons. The van der Waals surface area contributed by atoms with Gasteiger partial charge in [0.05, 0.1) is 6.61 Å². The Morgan fingerprint density at radius 1 is 1.38 bits per heavy atom. The van der Waals surface area contributed by atoms with Crippen molar-refractivity contribution in [2.24, 2.45) is 5.73 Å². The molecule has 0 bridgehead atoms. The zero-order chi connectivity index (χ0) is 9.73. The van der Waals surface area contributed by atoms with Crippen molar-refractivity contribution >= 4 is 0 Å². The molecule has 0 heterocycles. The predicted octanol–water partition coefficient (Wildman–Crippen LogP) is 1.85. The number of rotatable bonds is 4. The molecular weight excluding hydrogens is 169 g/mol. The molecule has 0 radical (unpaired) electrons. The fourth-order valence-electron chi connectivity index (χ4n) is 0.861. The van der Waals surface area contributed by atoms with Crippen LogP contribution < -0.4 is 5.73 Å². The molecule has 0 aliphatic rings. The Morgan fingerprint density at radius 3 is 2.54 bits per heavy atom. The van der Waals surface area contributed by atoms with E-state index in [0.29, 0.717) is 6.61 Å². The second kappa shape index (κ2) is 4.35. The monoisotopic (exact) mass is 183 g/mol. The van der Waals surface area contributed by atoms with Crippen molar-refractivity contribution in [2.75, 3.05) is 6.67 Å². The first-order valence-corrected chi connectivity index (χ1v) is 4.17. The Kier molecular flexibility index (Phi) is 3.39. The summed E-state index contributed by atoms with van der Waals surface area (Å²) in [6.45, 7) is 1.19. The van der Waals surface area contributed by atoms with E-state index in [0.717, 1.165) is 5.56 Å². The molecule has 1 aromatic carbocycles. The number of hydrogen-bond acceptors (Lipinski definition) is 2. The molecule has 1 aromatic rings. The van der Waals surface area contributed by atoms with Crippen molar-refractivity contribution in [3.8, 4) is 0 Å². The predicted molar refractivity (Wildman–Crippen MR) is 49.8 cm³/mol. The summed E-state index contributed by atoms with van der Waals surface area (Å²) in [5.41, 5.74) is 5.29. The summed E-state index contributed by atoms with van der Waals surface area (Å²) in [5.74, 6) is 0. The van der Waals surface area contributed by atoms with Gasteiger partial charge in [0.2, 0.25) is 0 Å². The standard InChI is InChI=1S/C10H14FNO/c1-10(12,8-11)13-7-9-5-3-2-4-6-9/h2-6H,7-8,12H2,1H3. The third-order valence-corrected chi connectivity index (χ3v) is 1.68. The van der Waals surface area contributed by atoms with Crippen LogP contribution in [0.2, 0.25) is 0 Å². The SMILES string of the molecule is CC(N)(CF)OCc1ccccc1. The van der Waals surface area contributed by atoms with Crippen molar-refractivity contribution in [1.29, 1.82) is 0 Å². The lowest BCUT2D eigenvalue weighted by molar-refractivity contribution is -0.0535. The molecule has 0 aliphatic heterocycles. The first-order valence-electron chi connectivity index (χ1n) is 4.17. The van der Waals surface area contributed by atoms with Gasteiger partial charge in [-0.05, 0) is 12.5 Å². The van der Waals surface area contributed by atoms with E-state index >= 15 is 0 Å². The molecule has 1 unspecified atom stereocenters. The summed E-state index contributed by atoms with van der Waals surface area (Å²) in [6.07, 6.45) is 0. The van der Waals surface area contributed by atoms with Gasteiger partial charge < -0.3 is 10.5 Å². The van der Waals surface area contributed by atoms with Crippen molar-refractivity contribution < 1.29 is 9.13 Å². The maximum Gasteiger partial charge on any atom is 0.142 e. The normalized spacial score (nSPS) is 15.3.